The van der Waals surface area contributed by atoms with E-state index in [1.54, 1.807) is 4.90 Å². The van der Waals surface area contributed by atoms with Crippen molar-refractivity contribution in [1.29, 1.82) is 0 Å². The predicted molar refractivity (Wildman–Crippen MR) is 90.6 cm³/mol. The van der Waals surface area contributed by atoms with Gasteiger partial charge in [-0.3, -0.25) is 0 Å². The smallest absolute Gasteiger partial charge is 0.410 e. The molecule has 0 saturated carbocycles. The van der Waals surface area contributed by atoms with Gasteiger partial charge in [-0.2, -0.15) is 0 Å². The number of quaternary nitrogens is 1. The van der Waals surface area contributed by atoms with E-state index < -0.39 is 5.60 Å². The van der Waals surface area contributed by atoms with Gasteiger partial charge in [0.2, 0.25) is 0 Å². The Morgan fingerprint density at radius 1 is 1.35 bits per heavy atom. The fourth-order valence-corrected chi connectivity index (χ4v) is 2.65. The van der Waals surface area contributed by atoms with Crippen LogP contribution in [0.25, 0.3) is 0 Å². The molecular weight excluding hydrogens is 294 g/mol. The summed E-state index contributed by atoms with van der Waals surface area (Å²) in [4.78, 5) is 13.8. The van der Waals surface area contributed by atoms with E-state index in [9.17, 15) is 10.0 Å². The number of likely N-dealkylation sites (tertiary alicyclic amines) is 1. The Morgan fingerprint density at radius 3 is 2.57 bits per heavy atom. The van der Waals surface area contributed by atoms with E-state index >= 15 is 0 Å². The van der Waals surface area contributed by atoms with E-state index in [1.807, 2.05) is 45.9 Å². The molecule has 1 aromatic rings. The summed E-state index contributed by atoms with van der Waals surface area (Å²) >= 11 is 0. The van der Waals surface area contributed by atoms with Crippen molar-refractivity contribution >= 4 is 17.5 Å². The number of piperidine rings is 1. The van der Waals surface area contributed by atoms with Crippen molar-refractivity contribution in [2.75, 3.05) is 18.4 Å². The largest absolute Gasteiger partial charge is 0.630 e. The van der Waals surface area contributed by atoms with Gasteiger partial charge >= 0.3 is 6.09 Å². The maximum atomic E-state index is 12.1. The molecule has 0 spiro atoms. The number of rotatable bonds is 3. The molecule has 1 aliphatic heterocycles. The molecule has 1 fully saturated rings. The Kier molecular flexibility index (Phi) is 5.49. The van der Waals surface area contributed by atoms with Crippen LogP contribution in [0.15, 0.2) is 18.2 Å². The molecule has 1 heterocycles. The van der Waals surface area contributed by atoms with Gasteiger partial charge in [0.15, 0.2) is 5.69 Å². The molecule has 6 nitrogen and oxygen atoms in total. The first-order valence-corrected chi connectivity index (χ1v) is 8.09. The maximum Gasteiger partial charge on any atom is 0.410 e. The normalized spacial score (nSPS) is 16.3. The number of aryl methyl sites for hydroxylation is 1. The van der Waals surface area contributed by atoms with Crippen molar-refractivity contribution in [2.45, 2.75) is 52.2 Å². The van der Waals surface area contributed by atoms with Gasteiger partial charge in [-0.25, -0.2) is 4.79 Å². The van der Waals surface area contributed by atoms with Crippen molar-refractivity contribution in [3.05, 3.63) is 29.0 Å². The standard InChI is InChI=1S/C17H27N3O3/c1-12-5-6-14(19-22)15(11-12)18-13-7-9-20(10-8-13)16(21)23-17(2,3)4/h5-6,11,13,18H,7-10,19H2,1-4H3. The monoisotopic (exact) mass is 321 g/mol. The molecule has 128 valence electrons. The van der Waals surface area contributed by atoms with E-state index in [4.69, 9.17) is 4.74 Å². The summed E-state index contributed by atoms with van der Waals surface area (Å²) in [6, 6.07) is 6.01. The van der Waals surface area contributed by atoms with Crippen LogP contribution in [0.5, 0.6) is 0 Å². The first-order chi connectivity index (χ1) is 10.8. The lowest BCUT2D eigenvalue weighted by Gasteiger charge is -2.34. The zero-order chi connectivity index (χ0) is 17.0. The van der Waals surface area contributed by atoms with E-state index in [0.29, 0.717) is 18.8 Å². The van der Waals surface area contributed by atoms with Crippen LogP contribution in [0.2, 0.25) is 0 Å². The van der Waals surface area contributed by atoms with Gasteiger partial charge in [-0.05, 0) is 52.2 Å². The molecule has 23 heavy (non-hydrogen) atoms. The van der Waals surface area contributed by atoms with Crippen LogP contribution in [-0.2, 0) is 4.74 Å². The molecule has 0 unspecified atom stereocenters. The van der Waals surface area contributed by atoms with E-state index in [0.717, 1.165) is 29.6 Å². The zero-order valence-electron chi connectivity index (χ0n) is 14.4. The highest BCUT2D eigenvalue weighted by atomic mass is 16.6. The van der Waals surface area contributed by atoms with Crippen molar-refractivity contribution in [3.8, 4) is 0 Å². The molecule has 0 aliphatic carbocycles. The SMILES string of the molecule is Cc1ccc([NH2+][O-])c(NC2CCN(C(=O)OC(C)(C)C)CC2)c1. The molecule has 1 aliphatic rings. The Labute approximate surface area is 137 Å². The van der Waals surface area contributed by atoms with Crippen LogP contribution in [-0.4, -0.2) is 35.7 Å². The highest BCUT2D eigenvalue weighted by Gasteiger charge is 2.27. The van der Waals surface area contributed by atoms with Crippen molar-refractivity contribution in [3.63, 3.8) is 0 Å². The molecule has 0 atom stereocenters. The molecule has 1 amide bonds. The summed E-state index contributed by atoms with van der Waals surface area (Å²) in [7, 11) is 0. The van der Waals surface area contributed by atoms with Gasteiger partial charge in [0, 0.05) is 25.2 Å². The number of benzene rings is 1. The fraction of sp³-hybridized carbons (Fsp3) is 0.588. The summed E-state index contributed by atoms with van der Waals surface area (Å²) < 4.78 is 5.40. The summed E-state index contributed by atoms with van der Waals surface area (Å²) in [6.45, 7) is 8.95. The van der Waals surface area contributed by atoms with Crippen molar-refractivity contribution < 1.29 is 15.0 Å². The maximum absolute atomic E-state index is 12.1. The summed E-state index contributed by atoms with van der Waals surface area (Å²) in [5, 5.41) is 14.6. The minimum atomic E-state index is -0.466. The Hall–Kier alpha value is -1.79. The van der Waals surface area contributed by atoms with Gasteiger partial charge in [0.1, 0.15) is 5.60 Å². The van der Waals surface area contributed by atoms with Crippen molar-refractivity contribution in [2.24, 2.45) is 0 Å². The lowest BCUT2D eigenvalue weighted by molar-refractivity contribution is -0.496. The average Bonchev–Trinajstić information content (AvgIpc) is 2.46. The third-order valence-corrected chi connectivity index (χ3v) is 3.84. The fourth-order valence-electron chi connectivity index (χ4n) is 2.65. The predicted octanol–water partition coefficient (Wildman–Crippen LogP) is 2.50. The average molecular weight is 321 g/mol. The zero-order valence-corrected chi connectivity index (χ0v) is 14.4. The first-order valence-electron chi connectivity index (χ1n) is 8.09. The first kappa shape index (κ1) is 17.6. The second kappa shape index (κ2) is 7.19. The molecule has 0 radical (unpaired) electrons. The number of hydrogen-bond acceptors (Lipinski definition) is 4. The lowest BCUT2D eigenvalue weighted by Crippen LogP contribution is -2.70. The highest BCUT2D eigenvalue weighted by molar-refractivity contribution is 5.68. The molecule has 0 aromatic heterocycles. The van der Waals surface area contributed by atoms with Gasteiger partial charge in [0.05, 0.1) is 5.69 Å². The summed E-state index contributed by atoms with van der Waals surface area (Å²) in [5.74, 6) is 0. The van der Waals surface area contributed by atoms with Gasteiger partial charge < -0.3 is 25.6 Å². The number of ether oxygens (including phenoxy) is 1. The number of nitrogens with zero attached hydrogens (tertiary/aromatic N) is 1. The van der Waals surface area contributed by atoms with Crippen molar-refractivity contribution in [1.82, 2.24) is 4.90 Å². The molecule has 2 rings (SSSR count). The van der Waals surface area contributed by atoms with Crippen LogP contribution in [0.3, 0.4) is 0 Å². The number of amides is 1. The van der Waals surface area contributed by atoms with Gasteiger partial charge in [-0.1, -0.05) is 6.07 Å². The Morgan fingerprint density at radius 2 is 2.00 bits per heavy atom. The Balaban J connectivity index is 1.90. The lowest BCUT2D eigenvalue weighted by atomic mass is 10.0. The van der Waals surface area contributed by atoms with Gasteiger partial charge in [0.25, 0.3) is 0 Å². The molecule has 6 heteroatoms. The third kappa shape index (κ3) is 5.11. The number of nitrogens with two attached hydrogens (primary N) is 1. The van der Waals surface area contributed by atoms with Gasteiger partial charge in [-0.15, -0.1) is 0 Å². The third-order valence-electron chi connectivity index (χ3n) is 3.84. The molecule has 1 aromatic carbocycles. The second-order valence-corrected chi connectivity index (χ2v) is 7.09. The molecule has 0 bridgehead atoms. The highest BCUT2D eigenvalue weighted by Crippen LogP contribution is 2.23. The number of anilines is 1. The molecular formula is C17H27N3O3. The van der Waals surface area contributed by atoms with Crippen LogP contribution < -0.4 is 10.8 Å². The summed E-state index contributed by atoms with van der Waals surface area (Å²) in [5.41, 5.74) is 3.06. The Bertz CT molecular complexity index is 547. The summed E-state index contributed by atoms with van der Waals surface area (Å²) in [6.07, 6.45) is 1.43. The molecule has 1 saturated heterocycles. The quantitative estimate of drug-likeness (QED) is 0.662. The topological polar surface area (TPSA) is 81.2 Å². The minimum Gasteiger partial charge on any atom is -0.630 e. The van der Waals surface area contributed by atoms with E-state index in [2.05, 4.69) is 5.32 Å². The van der Waals surface area contributed by atoms with Crippen LogP contribution in [0.1, 0.15) is 39.2 Å². The van der Waals surface area contributed by atoms with E-state index in [-0.39, 0.29) is 12.1 Å². The number of carbonyl (C=O) groups excluding carboxylic acids is 1. The van der Waals surface area contributed by atoms with Crippen LogP contribution in [0, 0.1) is 12.1 Å². The number of hydrogen-bond donors (Lipinski definition) is 2. The van der Waals surface area contributed by atoms with Crippen LogP contribution in [0.4, 0.5) is 16.2 Å². The number of nitrogens with one attached hydrogen (secondary N) is 1. The van der Waals surface area contributed by atoms with Crippen LogP contribution >= 0.6 is 0 Å². The second-order valence-electron chi connectivity index (χ2n) is 7.09. The molecule has 3 N–H and O–H groups in total. The number of carbonyl (C=O) groups is 1. The minimum absolute atomic E-state index is 0.250. The van der Waals surface area contributed by atoms with E-state index in [1.165, 1.54) is 0 Å².